The van der Waals surface area contributed by atoms with E-state index in [9.17, 15) is 19.2 Å². The summed E-state index contributed by atoms with van der Waals surface area (Å²) in [6.45, 7) is 2.91. The molecule has 0 atom stereocenters. The third-order valence-corrected chi connectivity index (χ3v) is 5.81. The van der Waals surface area contributed by atoms with Gasteiger partial charge in [0.05, 0.1) is 13.2 Å². The zero-order valence-electron chi connectivity index (χ0n) is 18.0. The first-order valence-electron chi connectivity index (χ1n) is 11.0. The Morgan fingerprint density at radius 1 is 0.906 bits per heavy atom. The van der Waals surface area contributed by atoms with E-state index in [0.29, 0.717) is 63.9 Å². The molecule has 3 fully saturated rings. The summed E-state index contributed by atoms with van der Waals surface area (Å²) in [7, 11) is 0. The number of hydrogen-bond donors (Lipinski definition) is 1. The first kappa shape index (κ1) is 22.1. The molecule has 3 aliphatic rings. The largest absolute Gasteiger partial charge is 0.484 e. The molecule has 0 spiro atoms. The zero-order valence-corrected chi connectivity index (χ0v) is 18.0. The molecule has 10 heteroatoms. The Bertz CT molecular complexity index is 873. The maximum absolute atomic E-state index is 12.5. The summed E-state index contributed by atoms with van der Waals surface area (Å²) in [5, 5.41) is 2.85. The van der Waals surface area contributed by atoms with Gasteiger partial charge >= 0.3 is 11.8 Å². The molecule has 0 unspecified atom stereocenters. The number of morpholine rings is 1. The van der Waals surface area contributed by atoms with Crippen LogP contribution in [0.4, 0.5) is 5.69 Å². The van der Waals surface area contributed by atoms with Crippen molar-refractivity contribution in [3.63, 3.8) is 0 Å². The average molecular weight is 444 g/mol. The lowest BCUT2D eigenvalue weighted by molar-refractivity contribution is -0.155. The number of carbonyl (C=O) groups is 4. The number of benzene rings is 1. The number of nitrogens with zero attached hydrogens (tertiary/aromatic N) is 3. The van der Waals surface area contributed by atoms with Crippen molar-refractivity contribution in [3.05, 3.63) is 24.3 Å². The molecule has 0 bridgehead atoms. The van der Waals surface area contributed by atoms with Crippen LogP contribution in [0.2, 0.25) is 0 Å². The topological polar surface area (TPSA) is 108 Å². The maximum Gasteiger partial charge on any atom is 0.312 e. The molecule has 1 saturated carbocycles. The van der Waals surface area contributed by atoms with Gasteiger partial charge in [-0.15, -0.1) is 0 Å². The highest BCUT2D eigenvalue weighted by atomic mass is 16.5. The van der Waals surface area contributed by atoms with Crippen LogP contribution in [-0.4, -0.2) is 97.4 Å². The minimum Gasteiger partial charge on any atom is -0.484 e. The highest BCUT2D eigenvalue weighted by Gasteiger charge is 2.32. The Hall–Kier alpha value is -3.14. The van der Waals surface area contributed by atoms with Crippen LogP contribution < -0.4 is 10.1 Å². The van der Waals surface area contributed by atoms with Crippen molar-refractivity contribution in [1.82, 2.24) is 14.7 Å². The fourth-order valence-electron chi connectivity index (χ4n) is 3.69. The molecule has 2 heterocycles. The van der Waals surface area contributed by atoms with Gasteiger partial charge in [0.15, 0.2) is 6.61 Å². The van der Waals surface area contributed by atoms with E-state index >= 15 is 0 Å². The molecule has 32 heavy (non-hydrogen) atoms. The average Bonchev–Trinajstić information content (AvgIpc) is 3.68. The maximum atomic E-state index is 12.5. The molecule has 4 rings (SSSR count). The van der Waals surface area contributed by atoms with Crippen LogP contribution in [0.25, 0.3) is 0 Å². The van der Waals surface area contributed by atoms with Gasteiger partial charge in [0.25, 0.3) is 5.91 Å². The van der Waals surface area contributed by atoms with Gasteiger partial charge in [0, 0.05) is 56.9 Å². The quantitative estimate of drug-likeness (QED) is 0.638. The summed E-state index contributed by atoms with van der Waals surface area (Å²) >= 11 is 0. The van der Waals surface area contributed by atoms with Crippen LogP contribution in [-0.2, 0) is 23.9 Å². The molecule has 2 saturated heterocycles. The van der Waals surface area contributed by atoms with E-state index in [1.165, 1.54) is 9.80 Å². The Morgan fingerprint density at radius 3 is 2.19 bits per heavy atom. The Balaban J connectivity index is 1.21. The summed E-state index contributed by atoms with van der Waals surface area (Å²) < 4.78 is 10.8. The van der Waals surface area contributed by atoms with E-state index in [-0.39, 0.29) is 24.3 Å². The summed E-state index contributed by atoms with van der Waals surface area (Å²) in [6.07, 6.45) is 1.85. The normalized spacial score (nSPS) is 18.8. The number of piperazine rings is 1. The molecule has 0 aromatic heterocycles. The molecular formula is C22H28N4O6. The number of carbonyl (C=O) groups excluding carboxylic acids is 4. The van der Waals surface area contributed by atoms with E-state index in [1.54, 1.807) is 29.2 Å². The lowest BCUT2D eigenvalue weighted by atomic mass is 10.2. The molecule has 10 nitrogen and oxygen atoms in total. The molecule has 1 aromatic rings. The number of anilines is 1. The van der Waals surface area contributed by atoms with Crippen LogP contribution in [0.3, 0.4) is 0 Å². The van der Waals surface area contributed by atoms with E-state index in [4.69, 9.17) is 9.47 Å². The minimum atomic E-state index is -0.527. The van der Waals surface area contributed by atoms with Crippen molar-refractivity contribution in [2.75, 3.05) is 64.4 Å². The molecule has 1 aliphatic carbocycles. The van der Waals surface area contributed by atoms with Crippen molar-refractivity contribution in [3.8, 4) is 5.75 Å². The second kappa shape index (κ2) is 9.99. The first-order chi connectivity index (χ1) is 15.5. The van der Waals surface area contributed by atoms with Crippen molar-refractivity contribution >= 4 is 29.3 Å². The number of nitrogens with one attached hydrogen (secondary N) is 1. The molecule has 2 aliphatic heterocycles. The van der Waals surface area contributed by atoms with Crippen LogP contribution in [0.5, 0.6) is 5.75 Å². The van der Waals surface area contributed by atoms with Crippen LogP contribution in [0.15, 0.2) is 24.3 Å². The van der Waals surface area contributed by atoms with Crippen molar-refractivity contribution in [1.29, 1.82) is 0 Å². The molecule has 172 valence electrons. The molecule has 4 amide bonds. The zero-order chi connectivity index (χ0) is 22.5. The molecular weight excluding hydrogens is 416 g/mol. The summed E-state index contributed by atoms with van der Waals surface area (Å²) in [5.41, 5.74) is 0.643. The lowest BCUT2D eigenvalue weighted by Gasteiger charge is -2.35. The van der Waals surface area contributed by atoms with E-state index < -0.39 is 11.8 Å². The fraction of sp³-hybridized carbons (Fsp3) is 0.545. The fourth-order valence-corrected chi connectivity index (χ4v) is 3.69. The van der Waals surface area contributed by atoms with E-state index in [1.807, 2.05) is 0 Å². The van der Waals surface area contributed by atoms with Crippen LogP contribution in [0, 0.1) is 5.92 Å². The second-order valence-corrected chi connectivity index (χ2v) is 8.16. The van der Waals surface area contributed by atoms with Crippen molar-refractivity contribution in [2.45, 2.75) is 12.8 Å². The molecule has 0 radical (unpaired) electrons. The van der Waals surface area contributed by atoms with Crippen LogP contribution >= 0.6 is 0 Å². The second-order valence-electron chi connectivity index (χ2n) is 8.16. The van der Waals surface area contributed by atoms with Crippen molar-refractivity contribution < 1.29 is 28.7 Å². The van der Waals surface area contributed by atoms with Crippen molar-refractivity contribution in [2.24, 2.45) is 5.92 Å². The Labute approximate surface area is 186 Å². The van der Waals surface area contributed by atoms with Gasteiger partial charge in [-0.2, -0.15) is 0 Å². The number of amides is 4. The van der Waals surface area contributed by atoms with Gasteiger partial charge in [-0.05, 0) is 25.0 Å². The Kier molecular flexibility index (Phi) is 6.89. The summed E-state index contributed by atoms with van der Waals surface area (Å²) in [5.74, 6) is -0.611. The van der Waals surface area contributed by atoms with Gasteiger partial charge in [0.1, 0.15) is 5.75 Å². The Morgan fingerprint density at radius 2 is 1.53 bits per heavy atom. The predicted octanol–water partition coefficient (Wildman–Crippen LogP) is -0.0565. The smallest absolute Gasteiger partial charge is 0.312 e. The van der Waals surface area contributed by atoms with Gasteiger partial charge < -0.3 is 29.5 Å². The molecule has 1 N–H and O–H groups in total. The standard InChI is InChI=1S/C22H28N4O6/c27-19(15-32-18-3-1-2-17(14-18)23-20(28)16-4-5-16)24-6-8-25(9-7-24)21(29)22(30)26-10-12-31-13-11-26/h1-3,14,16H,4-13,15H2,(H,23,28). The van der Waals surface area contributed by atoms with E-state index in [2.05, 4.69) is 5.32 Å². The van der Waals surface area contributed by atoms with E-state index in [0.717, 1.165) is 12.8 Å². The monoisotopic (exact) mass is 444 g/mol. The van der Waals surface area contributed by atoms with Gasteiger partial charge in [-0.1, -0.05) is 6.07 Å². The number of rotatable bonds is 5. The third-order valence-electron chi connectivity index (χ3n) is 5.81. The van der Waals surface area contributed by atoms with Gasteiger partial charge in [-0.25, -0.2) is 0 Å². The predicted molar refractivity (Wildman–Crippen MR) is 114 cm³/mol. The first-order valence-corrected chi connectivity index (χ1v) is 11.0. The third kappa shape index (κ3) is 5.56. The highest BCUT2D eigenvalue weighted by Crippen LogP contribution is 2.30. The van der Waals surface area contributed by atoms with Gasteiger partial charge in [0.2, 0.25) is 5.91 Å². The number of ether oxygens (including phenoxy) is 2. The highest BCUT2D eigenvalue weighted by molar-refractivity contribution is 6.34. The SMILES string of the molecule is O=C(Nc1cccc(OCC(=O)N2CCN(C(=O)C(=O)N3CCOCC3)CC2)c1)C1CC1. The summed E-state index contributed by atoms with van der Waals surface area (Å²) in [6, 6.07) is 6.97. The van der Waals surface area contributed by atoms with Crippen LogP contribution in [0.1, 0.15) is 12.8 Å². The summed E-state index contributed by atoms with van der Waals surface area (Å²) in [4.78, 5) is 53.9. The number of hydrogen-bond acceptors (Lipinski definition) is 6. The minimum absolute atomic E-state index is 0.0118. The lowest BCUT2D eigenvalue weighted by Crippen LogP contribution is -2.56. The van der Waals surface area contributed by atoms with Gasteiger partial charge in [-0.3, -0.25) is 19.2 Å². The molecule has 1 aromatic carbocycles.